The first-order chi connectivity index (χ1) is 7.34. The average Bonchev–Trinajstić information content (AvgIpc) is 2.30. The molecule has 15 heavy (non-hydrogen) atoms. The van der Waals surface area contributed by atoms with Crippen LogP contribution < -0.4 is 0 Å². The lowest BCUT2D eigenvalue weighted by Crippen LogP contribution is -1.97. The molecule has 1 rings (SSSR count). The second kappa shape index (κ2) is 6.71. The van der Waals surface area contributed by atoms with Gasteiger partial charge < -0.3 is 0 Å². The number of Topliss-reactive ketones (excluding diaryl/α,β-unsaturated/α-hetero) is 1. The molecule has 0 amide bonds. The number of rotatable bonds is 6. The zero-order valence-electron chi connectivity index (χ0n) is 8.56. The van der Waals surface area contributed by atoms with E-state index >= 15 is 0 Å². The highest BCUT2D eigenvalue weighted by atomic mass is 16.1. The molecule has 0 aliphatic rings. The predicted octanol–water partition coefficient (Wildman–Crippen LogP) is 2.79. The molecule has 0 fully saturated rings. The van der Waals surface area contributed by atoms with E-state index in [0.29, 0.717) is 6.42 Å². The Morgan fingerprint density at radius 3 is 2.60 bits per heavy atom. The Kier molecular flexibility index (Phi) is 5.09. The van der Waals surface area contributed by atoms with E-state index < -0.39 is 0 Å². The summed E-state index contributed by atoms with van der Waals surface area (Å²) < 4.78 is 0. The number of carbonyl (C=O) groups excluding carboxylic acids is 2. The molecule has 0 spiro atoms. The summed E-state index contributed by atoms with van der Waals surface area (Å²) in [6.07, 6.45) is 6.10. The highest BCUT2D eigenvalue weighted by Gasteiger charge is 2.02. The van der Waals surface area contributed by atoms with Crippen LogP contribution in [0.5, 0.6) is 0 Å². The predicted molar refractivity (Wildman–Crippen MR) is 59.8 cm³/mol. The van der Waals surface area contributed by atoms with Crippen LogP contribution in [0.25, 0.3) is 0 Å². The zero-order valence-corrected chi connectivity index (χ0v) is 8.56. The number of ketones is 1. The van der Waals surface area contributed by atoms with Crippen molar-refractivity contribution < 1.29 is 9.59 Å². The summed E-state index contributed by atoms with van der Waals surface area (Å²) in [4.78, 5) is 21.6. The molecule has 0 aromatic heterocycles. The van der Waals surface area contributed by atoms with E-state index in [9.17, 15) is 9.59 Å². The van der Waals surface area contributed by atoms with Crippen molar-refractivity contribution in [1.82, 2.24) is 0 Å². The van der Waals surface area contributed by atoms with Crippen molar-refractivity contribution in [3.8, 4) is 0 Å². The van der Waals surface area contributed by atoms with Gasteiger partial charge in [0.25, 0.3) is 0 Å². The van der Waals surface area contributed by atoms with Crippen molar-refractivity contribution in [2.45, 2.75) is 19.3 Å². The van der Waals surface area contributed by atoms with Crippen LogP contribution in [0.4, 0.5) is 0 Å². The van der Waals surface area contributed by atoms with Gasteiger partial charge in [-0.3, -0.25) is 9.59 Å². The van der Waals surface area contributed by atoms with Gasteiger partial charge in [0.05, 0.1) is 0 Å². The Balaban J connectivity index is 2.31. The Morgan fingerprint density at radius 1 is 1.20 bits per heavy atom. The van der Waals surface area contributed by atoms with Gasteiger partial charge in [-0.25, -0.2) is 0 Å². The maximum atomic E-state index is 11.6. The lowest BCUT2D eigenvalue weighted by atomic mass is 10.1. The minimum atomic E-state index is 0.162. The van der Waals surface area contributed by atoms with E-state index in [1.165, 1.54) is 6.08 Å². The molecule has 0 bridgehead atoms. The fourth-order valence-corrected chi connectivity index (χ4v) is 1.30. The Labute approximate surface area is 89.6 Å². The Morgan fingerprint density at radius 2 is 1.93 bits per heavy atom. The highest BCUT2D eigenvalue weighted by Crippen LogP contribution is 2.06. The molecular formula is C13H14O2. The number of unbranched alkanes of at least 4 members (excludes halogenated alkanes) is 1. The van der Waals surface area contributed by atoms with Crippen molar-refractivity contribution in [2.24, 2.45) is 0 Å². The average molecular weight is 202 g/mol. The highest BCUT2D eigenvalue weighted by molar-refractivity contribution is 5.95. The molecule has 0 saturated heterocycles. The molecule has 0 N–H and O–H groups in total. The third-order valence-corrected chi connectivity index (χ3v) is 2.09. The summed E-state index contributed by atoms with van der Waals surface area (Å²) in [6, 6.07) is 9.26. The number of aldehydes is 1. The monoisotopic (exact) mass is 202 g/mol. The van der Waals surface area contributed by atoms with Crippen molar-refractivity contribution in [2.75, 3.05) is 0 Å². The number of hydrogen-bond acceptors (Lipinski definition) is 2. The van der Waals surface area contributed by atoms with Crippen molar-refractivity contribution in [1.29, 1.82) is 0 Å². The second-order valence-corrected chi connectivity index (χ2v) is 3.25. The summed E-state index contributed by atoms with van der Waals surface area (Å²) in [5.41, 5.74) is 0.761. The summed E-state index contributed by atoms with van der Waals surface area (Å²) in [6.45, 7) is 0. The van der Waals surface area contributed by atoms with Gasteiger partial charge in [-0.1, -0.05) is 36.4 Å². The minimum Gasteiger partial charge on any atom is -0.299 e. The molecule has 0 radical (unpaired) electrons. The van der Waals surface area contributed by atoms with E-state index in [0.717, 1.165) is 24.7 Å². The lowest BCUT2D eigenvalue weighted by Gasteiger charge is -1.98. The number of hydrogen-bond donors (Lipinski definition) is 0. The quantitative estimate of drug-likeness (QED) is 0.307. The standard InChI is InChI=1S/C13H14O2/c14-11-7-2-1-6-10-13(15)12-8-4-3-5-9-12/h2-5,7-9,11H,1,6,10H2/b7-2+. The van der Waals surface area contributed by atoms with Crippen molar-refractivity contribution in [3.05, 3.63) is 48.0 Å². The van der Waals surface area contributed by atoms with Gasteiger partial charge >= 0.3 is 0 Å². The fourth-order valence-electron chi connectivity index (χ4n) is 1.30. The van der Waals surface area contributed by atoms with Gasteiger partial charge in [0.15, 0.2) is 5.78 Å². The van der Waals surface area contributed by atoms with Gasteiger partial charge in [-0.2, -0.15) is 0 Å². The maximum absolute atomic E-state index is 11.6. The van der Waals surface area contributed by atoms with Crippen LogP contribution in [0.15, 0.2) is 42.5 Å². The zero-order chi connectivity index (χ0) is 10.9. The SMILES string of the molecule is O=C/C=C/CCCC(=O)c1ccccc1. The van der Waals surface area contributed by atoms with E-state index in [4.69, 9.17) is 0 Å². The van der Waals surface area contributed by atoms with Gasteiger partial charge in [0.1, 0.15) is 6.29 Å². The normalized spacial score (nSPS) is 10.4. The molecule has 1 aromatic carbocycles. The summed E-state index contributed by atoms with van der Waals surface area (Å²) >= 11 is 0. The first-order valence-corrected chi connectivity index (χ1v) is 5.03. The van der Waals surface area contributed by atoms with E-state index in [1.807, 2.05) is 30.3 Å². The van der Waals surface area contributed by atoms with Crippen LogP contribution >= 0.6 is 0 Å². The topological polar surface area (TPSA) is 34.1 Å². The first-order valence-electron chi connectivity index (χ1n) is 5.03. The van der Waals surface area contributed by atoms with Gasteiger partial charge in [0, 0.05) is 12.0 Å². The molecule has 2 nitrogen and oxygen atoms in total. The van der Waals surface area contributed by atoms with Crippen molar-refractivity contribution in [3.63, 3.8) is 0 Å². The molecule has 78 valence electrons. The van der Waals surface area contributed by atoms with Crippen molar-refractivity contribution >= 4 is 12.1 Å². The Bertz CT molecular complexity index is 339. The summed E-state index contributed by atoms with van der Waals surface area (Å²) in [5.74, 6) is 0.162. The van der Waals surface area contributed by atoms with Crippen LogP contribution in [-0.4, -0.2) is 12.1 Å². The lowest BCUT2D eigenvalue weighted by molar-refractivity contribution is -0.104. The molecule has 0 unspecified atom stereocenters. The van der Waals surface area contributed by atoms with Crippen LogP contribution in [-0.2, 0) is 4.79 Å². The third kappa shape index (κ3) is 4.36. The van der Waals surface area contributed by atoms with Gasteiger partial charge in [0.2, 0.25) is 0 Å². The molecule has 0 aliphatic carbocycles. The smallest absolute Gasteiger partial charge is 0.162 e. The first kappa shape index (κ1) is 11.4. The molecule has 0 saturated carbocycles. The van der Waals surface area contributed by atoms with Gasteiger partial charge in [-0.05, 0) is 18.9 Å². The second-order valence-electron chi connectivity index (χ2n) is 3.25. The van der Waals surface area contributed by atoms with Gasteiger partial charge in [-0.15, -0.1) is 0 Å². The minimum absolute atomic E-state index is 0.162. The number of carbonyl (C=O) groups is 2. The molecule has 2 heteroatoms. The van der Waals surface area contributed by atoms with Crippen LogP contribution in [0.1, 0.15) is 29.6 Å². The molecule has 0 atom stereocenters. The third-order valence-electron chi connectivity index (χ3n) is 2.09. The van der Waals surface area contributed by atoms with E-state index in [2.05, 4.69) is 0 Å². The molecule has 0 aliphatic heterocycles. The van der Waals surface area contributed by atoms with Crippen LogP contribution in [0.3, 0.4) is 0 Å². The maximum Gasteiger partial charge on any atom is 0.162 e. The summed E-state index contributed by atoms with van der Waals surface area (Å²) in [5, 5.41) is 0. The van der Waals surface area contributed by atoms with E-state index in [1.54, 1.807) is 6.08 Å². The Hall–Kier alpha value is -1.70. The van der Waals surface area contributed by atoms with Crippen LogP contribution in [0, 0.1) is 0 Å². The largest absolute Gasteiger partial charge is 0.299 e. The number of benzene rings is 1. The number of allylic oxidation sites excluding steroid dienone is 2. The summed E-state index contributed by atoms with van der Waals surface area (Å²) in [7, 11) is 0. The molecular weight excluding hydrogens is 188 g/mol. The molecule has 0 heterocycles. The fraction of sp³-hybridized carbons (Fsp3) is 0.231. The van der Waals surface area contributed by atoms with E-state index in [-0.39, 0.29) is 5.78 Å². The van der Waals surface area contributed by atoms with Crippen LogP contribution in [0.2, 0.25) is 0 Å². The molecule has 1 aromatic rings.